The van der Waals surface area contributed by atoms with Crippen molar-refractivity contribution in [1.82, 2.24) is 0 Å². The molecule has 12 heavy (non-hydrogen) atoms. The Labute approximate surface area is 79.0 Å². The number of halogens is 2. The van der Waals surface area contributed by atoms with Crippen molar-refractivity contribution in [2.24, 2.45) is 0 Å². The molecule has 1 nitrogen and oxygen atoms in total. The fraction of sp³-hybridized carbons (Fsp3) is 0.222. The highest BCUT2D eigenvalue weighted by atomic mass is 79.9. The van der Waals surface area contributed by atoms with Crippen molar-refractivity contribution in [3.63, 3.8) is 0 Å². The predicted octanol–water partition coefficient (Wildman–Crippen LogP) is 2.96. The van der Waals surface area contributed by atoms with E-state index >= 15 is 0 Å². The van der Waals surface area contributed by atoms with Crippen LogP contribution in [0.5, 0.6) is 0 Å². The van der Waals surface area contributed by atoms with E-state index in [4.69, 9.17) is 5.26 Å². The van der Waals surface area contributed by atoms with Crippen molar-refractivity contribution >= 4 is 15.9 Å². The van der Waals surface area contributed by atoms with Gasteiger partial charge in [0.1, 0.15) is 5.82 Å². The number of hydrogen-bond acceptors (Lipinski definition) is 1. The van der Waals surface area contributed by atoms with Gasteiger partial charge in [-0.3, -0.25) is 0 Å². The van der Waals surface area contributed by atoms with Gasteiger partial charge in [0, 0.05) is 4.47 Å². The Hall–Kier alpha value is -0.880. The molecule has 0 radical (unpaired) electrons. The lowest BCUT2D eigenvalue weighted by molar-refractivity contribution is 0.624. The fourth-order valence-electron chi connectivity index (χ4n) is 0.968. The van der Waals surface area contributed by atoms with Gasteiger partial charge in [0.25, 0.3) is 0 Å². The van der Waals surface area contributed by atoms with Gasteiger partial charge in [-0.2, -0.15) is 5.26 Å². The molecular formula is C9H7BrFN. The van der Waals surface area contributed by atoms with Crippen molar-refractivity contribution < 1.29 is 4.39 Å². The van der Waals surface area contributed by atoms with E-state index in [1.54, 1.807) is 0 Å². The topological polar surface area (TPSA) is 23.8 Å². The molecule has 0 spiro atoms. The maximum atomic E-state index is 12.8. The van der Waals surface area contributed by atoms with Crippen LogP contribution in [-0.2, 0) is 6.42 Å². The Balaban J connectivity index is 3.20. The predicted molar refractivity (Wildman–Crippen MR) is 48.2 cm³/mol. The molecule has 0 atom stereocenters. The summed E-state index contributed by atoms with van der Waals surface area (Å²) < 4.78 is 13.5. The molecule has 0 saturated heterocycles. The normalized spacial score (nSPS) is 9.50. The molecule has 0 amide bonds. The van der Waals surface area contributed by atoms with Crippen LogP contribution in [0.4, 0.5) is 4.39 Å². The zero-order valence-electron chi connectivity index (χ0n) is 6.56. The molecule has 62 valence electrons. The highest BCUT2D eigenvalue weighted by Gasteiger charge is 2.04. The summed E-state index contributed by atoms with van der Waals surface area (Å²) in [5.41, 5.74) is 1.67. The highest BCUT2D eigenvalue weighted by Crippen LogP contribution is 2.21. The summed E-state index contributed by atoms with van der Waals surface area (Å²) in [6, 6.07) is 4.78. The van der Waals surface area contributed by atoms with Gasteiger partial charge < -0.3 is 0 Å². The monoisotopic (exact) mass is 227 g/mol. The molecule has 0 saturated carbocycles. The highest BCUT2D eigenvalue weighted by molar-refractivity contribution is 9.10. The van der Waals surface area contributed by atoms with Crippen LogP contribution in [0.15, 0.2) is 16.6 Å². The van der Waals surface area contributed by atoms with E-state index in [1.165, 1.54) is 12.1 Å². The summed E-state index contributed by atoms with van der Waals surface area (Å²) in [7, 11) is 0. The van der Waals surface area contributed by atoms with Gasteiger partial charge in [-0.1, -0.05) is 15.9 Å². The van der Waals surface area contributed by atoms with Crippen molar-refractivity contribution in [2.45, 2.75) is 13.3 Å². The van der Waals surface area contributed by atoms with E-state index < -0.39 is 0 Å². The van der Waals surface area contributed by atoms with Crippen LogP contribution < -0.4 is 0 Å². The van der Waals surface area contributed by atoms with Gasteiger partial charge in [0.2, 0.25) is 0 Å². The van der Waals surface area contributed by atoms with Crippen LogP contribution in [0.25, 0.3) is 0 Å². The first kappa shape index (κ1) is 9.21. The molecule has 3 heteroatoms. The standard InChI is InChI=1S/C9H7BrFN/c1-6-7(2-3-12)4-8(11)5-9(6)10/h4-5H,2H2,1H3. The Morgan fingerprint density at radius 1 is 1.58 bits per heavy atom. The van der Waals surface area contributed by atoms with E-state index in [2.05, 4.69) is 15.9 Å². The second kappa shape index (κ2) is 3.68. The number of nitrogens with zero attached hydrogens (tertiary/aromatic N) is 1. The van der Waals surface area contributed by atoms with Gasteiger partial charge in [-0.15, -0.1) is 0 Å². The van der Waals surface area contributed by atoms with Gasteiger partial charge >= 0.3 is 0 Å². The van der Waals surface area contributed by atoms with Crippen LogP contribution in [0, 0.1) is 24.1 Å². The molecule has 0 unspecified atom stereocenters. The molecule has 0 fully saturated rings. The molecular weight excluding hydrogens is 221 g/mol. The summed E-state index contributed by atoms with van der Waals surface area (Å²) in [6.45, 7) is 1.86. The average Bonchev–Trinajstić information content (AvgIpc) is 2.00. The lowest BCUT2D eigenvalue weighted by atomic mass is 10.1. The molecule has 1 rings (SSSR count). The smallest absolute Gasteiger partial charge is 0.124 e. The van der Waals surface area contributed by atoms with Gasteiger partial charge in [-0.25, -0.2) is 4.39 Å². The van der Waals surface area contributed by atoms with E-state index in [0.717, 1.165) is 11.1 Å². The Morgan fingerprint density at radius 2 is 2.25 bits per heavy atom. The number of hydrogen-bond donors (Lipinski definition) is 0. The maximum Gasteiger partial charge on any atom is 0.124 e. The zero-order chi connectivity index (χ0) is 9.14. The first-order valence-electron chi connectivity index (χ1n) is 3.46. The molecule has 0 aromatic heterocycles. The van der Waals surface area contributed by atoms with E-state index in [9.17, 15) is 4.39 Å². The number of nitriles is 1. The van der Waals surface area contributed by atoms with Crippen molar-refractivity contribution in [3.8, 4) is 6.07 Å². The summed E-state index contributed by atoms with van der Waals surface area (Å²) in [5.74, 6) is -0.308. The minimum Gasteiger partial charge on any atom is -0.207 e. The summed E-state index contributed by atoms with van der Waals surface area (Å²) in [6.07, 6.45) is 0.252. The lowest BCUT2D eigenvalue weighted by Gasteiger charge is -2.03. The molecule has 0 heterocycles. The summed E-state index contributed by atoms with van der Waals surface area (Å²) in [5, 5.41) is 8.44. The minimum absolute atomic E-state index is 0.252. The first-order chi connectivity index (χ1) is 5.65. The second-order valence-corrected chi connectivity index (χ2v) is 3.36. The van der Waals surface area contributed by atoms with Gasteiger partial charge in [-0.05, 0) is 30.2 Å². The maximum absolute atomic E-state index is 12.8. The lowest BCUT2D eigenvalue weighted by Crippen LogP contribution is -1.90. The molecule has 0 aliphatic carbocycles. The zero-order valence-corrected chi connectivity index (χ0v) is 8.15. The van der Waals surface area contributed by atoms with Crippen LogP contribution >= 0.6 is 15.9 Å². The SMILES string of the molecule is Cc1c(Br)cc(F)cc1CC#N. The van der Waals surface area contributed by atoms with E-state index in [1.807, 2.05) is 13.0 Å². The first-order valence-corrected chi connectivity index (χ1v) is 4.26. The van der Waals surface area contributed by atoms with E-state index in [0.29, 0.717) is 4.47 Å². The minimum atomic E-state index is -0.308. The van der Waals surface area contributed by atoms with Crippen molar-refractivity contribution in [1.29, 1.82) is 5.26 Å². The van der Waals surface area contributed by atoms with Gasteiger partial charge in [0.05, 0.1) is 12.5 Å². The molecule has 1 aromatic carbocycles. The Bertz CT molecular complexity index is 341. The molecule has 0 N–H and O–H groups in total. The van der Waals surface area contributed by atoms with Crippen LogP contribution in [0.1, 0.15) is 11.1 Å². The van der Waals surface area contributed by atoms with Crippen molar-refractivity contribution in [2.75, 3.05) is 0 Å². The Morgan fingerprint density at radius 3 is 2.83 bits per heavy atom. The third-order valence-electron chi connectivity index (χ3n) is 1.69. The van der Waals surface area contributed by atoms with Crippen LogP contribution in [0.2, 0.25) is 0 Å². The third kappa shape index (κ3) is 1.83. The largest absolute Gasteiger partial charge is 0.207 e. The summed E-state index contributed by atoms with van der Waals surface area (Å²) >= 11 is 3.22. The number of rotatable bonds is 1. The molecule has 0 bridgehead atoms. The van der Waals surface area contributed by atoms with E-state index in [-0.39, 0.29) is 12.2 Å². The second-order valence-electron chi connectivity index (χ2n) is 2.51. The third-order valence-corrected chi connectivity index (χ3v) is 2.51. The Kier molecular flexibility index (Phi) is 2.83. The fourth-order valence-corrected chi connectivity index (χ4v) is 1.44. The summed E-state index contributed by atoms with van der Waals surface area (Å²) in [4.78, 5) is 0. The van der Waals surface area contributed by atoms with Gasteiger partial charge in [0.15, 0.2) is 0 Å². The quantitative estimate of drug-likeness (QED) is 0.724. The average molecular weight is 228 g/mol. The van der Waals surface area contributed by atoms with Crippen molar-refractivity contribution in [3.05, 3.63) is 33.5 Å². The van der Waals surface area contributed by atoms with Crippen LogP contribution in [-0.4, -0.2) is 0 Å². The van der Waals surface area contributed by atoms with Crippen LogP contribution in [0.3, 0.4) is 0 Å². The molecule has 0 aliphatic heterocycles. The molecule has 0 aliphatic rings. The molecule has 1 aromatic rings. The number of benzene rings is 1.